The predicted molar refractivity (Wildman–Crippen MR) is 114 cm³/mol. The molecule has 1 N–H and O–H groups in total. The third kappa shape index (κ3) is 4.93. The molecule has 0 aliphatic carbocycles. The summed E-state index contributed by atoms with van der Waals surface area (Å²) in [4.78, 5) is 27.1. The van der Waals surface area contributed by atoms with Crippen molar-refractivity contribution in [2.75, 3.05) is 25.0 Å². The van der Waals surface area contributed by atoms with E-state index in [9.17, 15) is 9.59 Å². The lowest BCUT2D eigenvalue weighted by atomic mass is 9.95. The van der Waals surface area contributed by atoms with Crippen molar-refractivity contribution >= 4 is 33.4 Å². The van der Waals surface area contributed by atoms with Crippen LogP contribution in [0.3, 0.4) is 0 Å². The van der Waals surface area contributed by atoms with Crippen molar-refractivity contribution < 1.29 is 14.3 Å². The number of nitrogens with zero attached hydrogens (tertiary/aromatic N) is 1. The van der Waals surface area contributed by atoms with E-state index in [1.165, 1.54) is 0 Å². The molecule has 1 aliphatic heterocycles. The number of benzene rings is 2. The van der Waals surface area contributed by atoms with E-state index in [2.05, 4.69) is 21.2 Å². The monoisotopic (exact) mass is 444 g/mol. The van der Waals surface area contributed by atoms with Gasteiger partial charge in [-0.3, -0.25) is 9.59 Å². The normalized spacial score (nSPS) is 14.6. The summed E-state index contributed by atoms with van der Waals surface area (Å²) >= 11 is 3.39. The molecule has 0 saturated carbocycles. The van der Waals surface area contributed by atoms with Gasteiger partial charge in [-0.1, -0.05) is 15.9 Å². The summed E-state index contributed by atoms with van der Waals surface area (Å²) in [6.45, 7) is 5.66. The van der Waals surface area contributed by atoms with Crippen molar-refractivity contribution in [2.45, 2.75) is 26.7 Å². The molecule has 28 heavy (non-hydrogen) atoms. The van der Waals surface area contributed by atoms with E-state index in [1.807, 2.05) is 61.2 Å². The molecule has 0 radical (unpaired) electrons. The quantitative estimate of drug-likeness (QED) is 0.729. The Bertz CT molecular complexity index is 843. The number of likely N-dealkylation sites (tertiary alicyclic amines) is 1. The van der Waals surface area contributed by atoms with Crippen LogP contribution in [0.2, 0.25) is 0 Å². The fourth-order valence-corrected chi connectivity index (χ4v) is 3.67. The molecule has 1 aliphatic rings. The van der Waals surface area contributed by atoms with Crippen LogP contribution in [0.5, 0.6) is 5.75 Å². The molecule has 0 unspecified atom stereocenters. The maximum atomic E-state index is 12.8. The van der Waals surface area contributed by atoms with E-state index < -0.39 is 0 Å². The van der Waals surface area contributed by atoms with Crippen LogP contribution < -0.4 is 10.1 Å². The smallest absolute Gasteiger partial charge is 0.253 e. The average molecular weight is 445 g/mol. The minimum absolute atomic E-state index is 0.0120. The van der Waals surface area contributed by atoms with Gasteiger partial charge in [-0.2, -0.15) is 0 Å². The number of piperidine rings is 1. The number of nitrogens with one attached hydrogen (secondary N) is 1. The Hall–Kier alpha value is -2.34. The first-order valence-corrected chi connectivity index (χ1v) is 10.4. The Kier molecular flexibility index (Phi) is 6.73. The molecular weight excluding hydrogens is 420 g/mol. The molecule has 3 rings (SSSR count). The molecule has 6 heteroatoms. The largest absolute Gasteiger partial charge is 0.494 e. The van der Waals surface area contributed by atoms with E-state index in [-0.39, 0.29) is 17.7 Å². The third-order valence-corrected chi connectivity index (χ3v) is 5.52. The van der Waals surface area contributed by atoms with Gasteiger partial charge in [-0.15, -0.1) is 0 Å². The number of ether oxygens (including phenoxy) is 1. The van der Waals surface area contributed by atoms with Crippen molar-refractivity contribution in [1.82, 2.24) is 4.90 Å². The van der Waals surface area contributed by atoms with Gasteiger partial charge in [-0.25, -0.2) is 0 Å². The standard InChI is InChI=1S/C22H25BrN2O3/c1-3-28-20-9-4-17(14-15(20)2)22(27)25-12-10-16(11-13-25)21(26)24-19-7-5-18(23)6-8-19/h4-9,14,16H,3,10-13H2,1-2H3,(H,24,26). The van der Waals surface area contributed by atoms with E-state index in [0.717, 1.165) is 21.5 Å². The summed E-state index contributed by atoms with van der Waals surface area (Å²) in [5.74, 6) is 0.765. The van der Waals surface area contributed by atoms with Crippen LogP contribution in [-0.4, -0.2) is 36.4 Å². The SMILES string of the molecule is CCOc1ccc(C(=O)N2CCC(C(=O)Nc3ccc(Br)cc3)CC2)cc1C. The van der Waals surface area contributed by atoms with Crippen molar-refractivity contribution in [1.29, 1.82) is 0 Å². The van der Waals surface area contributed by atoms with Crippen LogP contribution in [0.4, 0.5) is 5.69 Å². The number of rotatable bonds is 5. The molecule has 1 fully saturated rings. The van der Waals surface area contributed by atoms with E-state index in [4.69, 9.17) is 4.74 Å². The highest BCUT2D eigenvalue weighted by atomic mass is 79.9. The van der Waals surface area contributed by atoms with Crippen LogP contribution in [-0.2, 0) is 4.79 Å². The van der Waals surface area contributed by atoms with Crippen LogP contribution in [0.1, 0.15) is 35.7 Å². The Morgan fingerprint density at radius 3 is 2.43 bits per heavy atom. The fraction of sp³-hybridized carbons (Fsp3) is 0.364. The highest BCUT2D eigenvalue weighted by Crippen LogP contribution is 2.24. The van der Waals surface area contributed by atoms with Gasteiger partial charge in [0.05, 0.1) is 6.61 Å². The first kappa shape index (κ1) is 20.4. The molecular formula is C22H25BrN2O3. The molecule has 148 valence electrons. The second kappa shape index (κ2) is 9.24. The van der Waals surface area contributed by atoms with Gasteiger partial charge in [0.25, 0.3) is 5.91 Å². The lowest BCUT2D eigenvalue weighted by molar-refractivity contribution is -0.121. The van der Waals surface area contributed by atoms with E-state index in [1.54, 1.807) is 0 Å². The summed E-state index contributed by atoms with van der Waals surface area (Å²) < 4.78 is 6.51. The Morgan fingerprint density at radius 2 is 1.82 bits per heavy atom. The minimum atomic E-state index is -0.0743. The average Bonchev–Trinajstić information content (AvgIpc) is 2.71. The first-order chi connectivity index (χ1) is 13.5. The Morgan fingerprint density at radius 1 is 1.14 bits per heavy atom. The van der Waals surface area contributed by atoms with Gasteiger partial charge < -0.3 is 15.0 Å². The second-order valence-corrected chi connectivity index (χ2v) is 7.89. The summed E-state index contributed by atoms with van der Waals surface area (Å²) in [6, 6.07) is 13.1. The Labute approximate surface area is 174 Å². The minimum Gasteiger partial charge on any atom is -0.494 e. The number of amides is 2. The molecule has 5 nitrogen and oxygen atoms in total. The molecule has 2 amide bonds. The highest BCUT2D eigenvalue weighted by Gasteiger charge is 2.28. The van der Waals surface area contributed by atoms with Crippen molar-refractivity contribution in [2.24, 2.45) is 5.92 Å². The van der Waals surface area contributed by atoms with Crippen molar-refractivity contribution in [3.8, 4) is 5.75 Å². The third-order valence-electron chi connectivity index (χ3n) is 4.99. The number of carbonyl (C=O) groups excluding carboxylic acids is 2. The van der Waals surface area contributed by atoms with Gasteiger partial charge in [0.1, 0.15) is 5.75 Å². The molecule has 1 heterocycles. The first-order valence-electron chi connectivity index (χ1n) is 9.57. The zero-order valence-corrected chi connectivity index (χ0v) is 17.8. The van der Waals surface area contributed by atoms with Crippen LogP contribution in [0.25, 0.3) is 0 Å². The number of anilines is 1. The highest BCUT2D eigenvalue weighted by molar-refractivity contribution is 9.10. The zero-order chi connectivity index (χ0) is 20.1. The van der Waals surface area contributed by atoms with Gasteiger partial charge in [0.2, 0.25) is 5.91 Å². The summed E-state index contributed by atoms with van der Waals surface area (Å²) in [6.07, 6.45) is 1.34. The van der Waals surface area contributed by atoms with E-state index >= 15 is 0 Å². The van der Waals surface area contributed by atoms with Crippen LogP contribution in [0, 0.1) is 12.8 Å². The number of hydrogen-bond acceptors (Lipinski definition) is 3. The van der Waals surface area contributed by atoms with Crippen molar-refractivity contribution in [3.05, 3.63) is 58.1 Å². The summed E-state index contributed by atoms with van der Waals surface area (Å²) in [5, 5.41) is 2.96. The molecule has 1 saturated heterocycles. The molecule has 0 spiro atoms. The topological polar surface area (TPSA) is 58.6 Å². The molecule has 0 bridgehead atoms. The number of halogens is 1. The second-order valence-electron chi connectivity index (χ2n) is 6.98. The van der Waals surface area contributed by atoms with Crippen molar-refractivity contribution in [3.63, 3.8) is 0 Å². The number of carbonyl (C=O) groups is 2. The van der Waals surface area contributed by atoms with Gasteiger partial charge in [0.15, 0.2) is 0 Å². The van der Waals surface area contributed by atoms with E-state index in [0.29, 0.717) is 38.1 Å². The van der Waals surface area contributed by atoms with Gasteiger partial charge >= 0.3 is 0 Å². The molecule has 2 aromatic rings. The predicted octanol–water partition coefficient (Wildman–Crippen LogP) is 4.65. The lowest BCUT2D eigenvalue weighted by Gasteiger charge is -2.31. The maximum absolute atomic E-state index is 12.8. The number of hydrogen-bond donors (Lipinski definition) is 1. The zero-order valence-electron chi connectivity index (χ0n) is 16.2. The van der Waals surface area contributed by atoms with Crippen LogP contribution in [0.15, 0.2) is 46.9 Å². The maximum Gasteiger partial charge on any atom is 0.253 e. The molecule has 0 atom stereocenters. The summed E-state index contributed by atoms with van der Waals surface area (Å²) in [5.41, 5.74) is 2.41. The number of aryl methyl sites for hydroxylation is 1. The molecule has 0 aromatic heterocycles. The molecule has 2 aromatic carbocycles. The lowest BCUT2D eigenvalue weighted by Crippen LogP contribution is -2.41. The fourth-order valence-electron chi connectivity index (χ4n) is 3.40. The Balaban J connectivity index is 1.55. The van der Waals surface area contributed by atoms with Gasteiger partial charge in [0, 0.05) is 34.7 Å². The van der Waals surface area contributed by atoms with Crippen LogP contribution >= 0.6 is 15.9 Å². The summed E-state index contributed by atoms with van der Waals surface area (Å²) in [7, 11) is 0. The van der Waals surface area contributed by atoms with Gasteiger partial charge in [-0.05, 0) is 74.7 Å².